The molecule has 114 valence electrons. The Morgan fingerprint density at radius 1 is 1.20 bits per heavy atom. The summed E-state index contributed by atoms with van der Waals surface area (Å²) in [7, 11) is 0. The normalized spacial score (nSPS) is 13.4. The molecule has 1 rings (SSSR count). The van der Waals surface area contributed by atoms with E-state index in [0.717, 1.165) is 24.8 Å². The first-order valence-electron chi connectivity index (χ1n) is 7.59. The molecular formula is C17H27ClO2. The molecule has 0 spiro atoms. The van der Waals surface area contributed by atoms with Crippen molar-refractivity contribution in [1.82, 2.24) is 0 Å². The summed E-state index contributed by atoms with van der Waals surface area (Å²) in [6, 6.07) is 7.51. The number of hydrogen-bond donors (Lipinski definition) is 2. The Kier molecular flexibility index (Phi) is 7.57. The third kappa shape index (κ3) is 4.47. The average molecular weight is 299 g/mol. The molecule has 1 aromatic carbocycles. The summed E-state index contributed by atoms with van der Waals surface area (Å²) >= 11 is 6.06. The van der Waals surface area contributed by atoms with Crippen molar-refractivity contribution in [2.45, 2.75) is 51.4 Å². The van der Waals surface area contributed by atoms with Crippen molar-refractivity contribution in [1.29, 1.82) is 0 Å². The highest BCUT2D eigenvalue weighted by Gasteiger charge is 2.33. The zero-order valence-electron chi connectivity index (χ0n) is 12.6. The molecular weight excluding hydrogens is 272 g/mol. The van der Waals surface area contributed by atoms with E-state index in [1.165, 1.54) is 12.8 Å². The van der Waals surface area contributed by atoms with Gasteiger partial charge in [-0.2, -0.15) is 0 Å². The summed E-state index contributed by atoms with van der Waals surface area (Å²) in [5.41, 5.74) is 0.351. The van der Waals surface area contributed by atoms with Crippen LogP contribution < -0.4 is 0 Å². The van der Waals surface area contributed by atoms with Gasteiger partial charge in [0.05, 0.1) is 13.2 Å². The van der Waals surface area contributed by atoms with E-state index < -0.39 is 5.41 Å². The zero-order valence-corrected chi connectivity index (χ0v) is 13.4. The van der Waals surface area contributed by atoms with Crippen molar-refractivity contribution in [2.75, 3.05) is 13.2 Å². The van der Waals surface area contributed by atoms with E-state index in [0.29, 0.717) is 10.9 Å². The van der Waals surface area contributed by atoms with Crippen LogP contribution in [0.2, 0.25) is 5.02 Å². The van der Waals surface area contributed by atoms with Crippen molar-refractivity contribution in [3.63, 3.8) is 0 Å². The number of rotatable bonds is 9. The average Bonchev–Trinajstić information content (AvgIpc) is 2.48. The molecule has 20 heavy (non-hydrogen) atoms. The summed E-state index contributed by atoms with van der Waals surface area (Å²) in [5.74, 6) is 0.522. The molecule has 2 nitrogen and oxygen atoms in total. The van der Waals surface area contributed by atoms with E-state index in [9.17, 15) is 10.2 Å². The smallest absolute Gasteiger partial charge is 0.0550 e. The van der Waals surface area contributed by atoms with Gasteiger partial charge < -0.3 is 10.2 Å². The Hall–Kier alpha value is -0.570. The Morgan fingerprint density at radius 2 is 1.90 bits per heavy atom. The third-order valence-corrected chi connectivity index (χ3v) is 4.50. The minimum atomic E-state index is -0.584. The van der Waals surface area contributed by atoms with Gasteiger partial charge in [0.1, 0.15) is 0 Å². The van der Waals surface area contributed by atoms with E-state index in [4.69, 9.17) is 11.6 Å². The highest BCUT2D eigenvalue weighted by Crippen LogP contribution is 2.35. The third-order valence-electron chi connectivity index (χ3n) is 4.27. The highest BCUT2D eigenvalue weighted by molar-refractivity contribution is 6.30. The molecule has 1 atom stereocenters. The first-order valence-corrected chi connectivity index (χ1v) is 7.97. The second-order valence-corrected chi connectivity index (χ2v) is 6.16. The van der Waals surface area contributed by atoms with Crippen LogP contribution in [0.5, 0.6) is 0 Å². The van der Waals surface area contributed by atoms with E-state index in [-0.39, 0.29) is 13.2 Å². The lowest BCUT2D eigenvalue weighted by Gasteiger charge is -2.34. The molecule has 0 aliphatic rings. The fraction of sp³-hybridized carbons (Fsp3) is 0.647. The Morgan fingerprint density at radius 3 is 2.40 bits per heavy atom. The maximum Gasteiger partial charge on any atom is 0.0550 e. The van der Waals surface area contributed by atoms with E-state index in [1.807, 2.05) is 24.3 Å². The van der Waals surface area contributed by atoms with Crippen LogP contribution in [0.25, 0.3) is 0 Å². The lowest BCUT2D eigenvalue weighted by Crippen LogP contribution is -2.37. The van der Waals surface area contributed by atoms with Crippen LogP contribution in [-0.2, 0) is 5.41 Å². The Bertz CT molecular complexity index is 388. The van der Waals surface area contributed by atoms with Gasteiger partial charge in [-0.15, -0.1) is 0 Å². The van der Waals surface area contributed by atoms with Crippen LogP contribution >= 0.6 is 11.6 Å². The van der Waals surface area contributed by atoms with Crippen molar-refractivity contribution >= 4 is 11.6 Å². The summed E-state index contributed by atoms with van der Waals surface area (Å²) in [5, 5.41) is 20.4. The van der Waals surface area contributed by atoms with Crippen molar-refractivity contribution in [3.8, 4) is 0 Å². The molecule has 0 heterocycles. The summed E-state index contributed by atoms with van der Waals surface area (Å²) in [6.45, 7) is 4.27. The molecule has 0 saturated carbocycles. The van der Waals surface area contributed by atoms with E-state index >= 15 is 0 Å². The molecule has 3 heteroatoms. The van der Waals surface area contributed by atoms with Crippen LogP contribution in [0.1, 0.15) is 51.5 Å². The molecule has 2 N–H and O–H groups in total. The van der Waals surface area contributed by atoms with Gasteiger partial charge >= 0.3 is 0 Å². The van der Waals surface area contributed by atoms with Crippen molar-refractivity contribution < 1.29 is 10.2 Å². The molecule has 0 saturated heterocycles. The molecule has 0 fully saturated rings. The molecule has 0 radical (unpaired) electrons. The minimum Gasteiger partial charge on any atom is -0.395 e. The Balaban J connectivity index is 2.96. The van der Waals surface area contributed by atoms with Gasteiger partial charge in [0.15, 0.2) is 0 Å². The summed E-state index contributed by atoms with van der Waals surface area (Å²) in [6.07, 6.45) is 5.40. The number of hydrogen-bond acceptors (Lipinski definition) is 2. The van der Waals surface area contributed by atoms with Gasteiger partial charge in [0, 0.05) is 10.4 Å². The quantitative estimate of drug-likeness (QED) is 0.718. The van der Waals surface area contributed by atoms with Crippen LogP contribution in [0.4, 0.5) is 0 Å². The second-order valence-electron chi connectivity index (χ2n) is 5.73. The van der Waals surface area contributed by atoms with Crippen molar-refractivity contribution in [3.05, 3.63) is 34.9 Å². The van der Waals surface area contributed by atoms with Gasteiger partial charge in [-0.25, -0.2) is 0 Å². The molecule has 1 unspecified atom stereocenters. The Labute approximate surface area is 127 Å². The maximum atomic E-state index is 9.89. The fourth-order valence-electron chi connectivity index (χ4n) is 2.79. The van der Waals surface area contributed by atoms with Crippen LogP contribution in [-0.4, -0.2) is 23.4 Å². The second kappa shape index (κ2) is 8.66. The minimum absolute atomic E-state index is 0.0491. The summed E-state index contributed by atoms with van der Waals surface area (Å²) in [4.78, 5) is 0. The molecule has 0 aliphatic heterocycles. The van der Waals surface area contributed by atoms with Gasteiger partial charge in [-0.3, -0.25) is 0 Å². The number of aliphatic hydroxyl groups is 2. The number of aliphatic hydroxyl groups excluding tert-OH is 2. The van der Waals surface area contributed by atoms with E-state index in [1.54, 1.807) is 0 Å². The zero-order chi connectivity index (χ0) is 15.0. The van der Waals surface area contributed by atoms with Crippen LogP contribution in [0.3, 0.4) is 0 Å². The number of unbranched alkanes of at least 4 members (excludes halogenated alkanes) is 1. The first-order chi connectivity index (χ1) is 9.61. The van der Waals surface area contributed by atoms with Gasteiger partial charge in [-0.1, -0.05) is 63.3 Å². The van der Waals surface area contributed by atoms with Gasteiger partial charge in [-0.05, 0) is 30.0 Å². The monoisotopic (exact) mass is 298 g/mol. The van der Waals surface area contributed by atoms with Crippen LogP contribution in [0, 0.1) is 5.92 Å². The largest absolute Gasteiger partial charge is 0.395 e. The molecule has 0 amide bonds. The van der Waals surface area contributed by atoms with Crippen LogP contribution in [0.15, 0.2) is 24.3 Å². The molecule has 0 bridgehead atoms. The molecule has 0 aliphatic carbocycles. The van der Waals surface area contributed by atoms with Gasteiger partial charge in [0.25, 0.3) is 0 Å². The highest BCUT2D eigenvalue weighted by atomic mass is 35.5. The lowest BCUT2D eigenvalue weighted by atomic mass is 9.73. The number of benzene rings is 1. The van der Waals surface area contributed by atoms with Crippen molar-refractivity contribution in [2.24, 2.45) is 5.92 Å². The number of halogens is 1. The van der Waals surface area contributed by atoms with E-state index in [2.05, 4.69) is 13.8 Å². The standard InChI is InChI=1S/C17H27ClO2/c1-3-5-7-14(4-2)11-17(12-19,13-20)15-8-6-9-16(18)10-15/h6,8-10,14,19-20H,3-5,7,11-13H2,1-2H3. The summed E-state index contributed by atoms with van der Waals surface area (Å²) < 4.78 is 0. The maximum absolute atomic E-state index is 9.89. The predicted octanol–water partition coefficient (Wildman–Crippen LogP) is 4.17. The fourth-order valence-corrected chi connectivity index (χ4v) is 2.98. The SMILES string of the molecule is CCCCC(CC)CC(CO)(CO)c1cccc(Cl)c1. The molecule has 0 aromatic heterocycles. The predicted molar refractivity (Wildman–Crippen MR) is 85.2 cm³/mol. The molecule has 1 aromatic rings. The first kappa shape index (κ1) is 17.5. The topological polar surface area (TPSA) is 40.5 Å². The lowest BCUT2D eigenvalue weighted by molar-refractivity contribution is 0.0922. The van der Waals surface area contributed by atoms with Gasteiger partial charge in [0.2, 0.25) is 0 Å².